The van der Waals surface area contributed by atoms with Crippen LogP contribution >= 0.6 is 0 Å². The molecule has 2 aromatic carbocycles. The Kier molecular flexibility index (Phi) is 8.67. The summed E-state index contributed by atoms with van der Waals surface area (Å²) in [4.78, 5) is 24.2. The molecule has 1 amide bonds. The summed E-state index contributed by atoms with van der Waals surface area (Å²) in [5.41, 5.74) is 2.24. The van der Waals surface area contributed by atoms with Gasteiger partial charge in [0, 0.05) is 42.4 Å². The van der Waals surface area contributed by atoms with Crippen LogP contribution in [0.1, 0.15) is 23.3 Å². The first-order valence-corrected chi connectivity index (χ1v) is 12.3. The van der Waals surface area contributed by atoms with E-state index in [-0.39, 0.29) is 18.5 Å². The van der Waals surface area contributed by atoms with E-state index in [1.807, 2.05) is 30.3 Å². The van der Waals surface area contributed by atoms with E-state index in [2.05, 4.69) is 45.2 Å². The molecule has 0 aliphatic carbocycles. The summed E-state index contributed by atoms with van der Waals surface area (Å²) in [6.45, 7) is 6.81. The van der Waals surface area contributed by atoms with E-state index in [0.717, 1.165) is 48.0 Å². The van der Waals surface area contributed by atoms with Crippen LogP contribution in [0.2, 0.25) is 0 Å². The number of piperidine rings is 1. The van der Waals surface area contributed by atoms with Crippen LogP contribution in [0.4, 0.5) is 5.69 Å². The normalized spacial score (nSPS) is 14.2. The van der Waals surface area contributed by atoms with Gasteiger partial charge >= 0.3 is 0 Å². The highest BCUT2D eigenvalue weighted by atomic mass is 16.5. The van der Waals surface area contributed by atoms with Gasteiger partial charge in [0.25, 0.3) is 5.91 Å². The number of fused-ring (bicyclic) bond motifs is 1. The van der Waals surface area contributed by atoms with E-state index < -0.39 is 0 Å². The highest BCUT2D eigenvalue weighted by molar-refractivity contribution is 5.99. The Bertz CT molecular complexity index is 1310. The van der Waals surface area contributed by atoms with Gasteiger partial charge in [0.2, 0.25) is 0 Å². The number of ether oxygens (including phenoxy) is 2. The molecule has 1 aliphatic heterocycles. The second-order valence-electron chi connectivity index (χ2n) is 9.10. The molecule has 4 rings (SSSR count). The lowest BCUT2D eigenvalue weighted by molar-refractivity contribution is 0.0911. The third-order valence-electron chi connectivity index (χ3n) is 6.37. The number of anilines is 1. The number of amides is 1. The van der Waals surface area contributed by atoms with Crippen LogP contribution in [0.25, 0.3) is 22.2 Å². The van der Waals surface area contributed by atoms with Crippen molar-refractivity contribution in [3.63, 3.8) is 0 Å². The molecule has 192 valence electrons. The summed E-state index contributed by atoms with van der Waals surface area (Å²) in [7, 11) is 3.71. The zero-order valence-corrected chi connectivity index (χ0v) is 21.3. The van der Waals surface area contributed by atoms with Crippen LogP contribution in [0.5, 0.6) is 5.75 Å². The van der Waals surface area contributed by atoms with Gasteiger partial charge in [-0.25, -0.2) is 9.97 Å². The van der Waals surface area contributed by atoms with Gasteiger partial charge in [-0.05, 0) is 56.6 Å². The van der Waals surface area contributed by atoms with Crippen molar-refractivity contribution in [3.8, 4) is 23.2 Å². The van der Waals surface area contributed by atoms with Gasteiger partial charge in [0.05, 0.1) is 18.4 Å². The lowest BCUT2D eigenvalue weighted by atomic mass is 10.0. The number of hydrogen-bond acceptors (Lipinski definition) is 8. The minimum absolute atomic E-state index is 0.149. The van der Waals surface area contributed by atoms with Crippen molar-refractivity contribution in [1.29, 1.82) is 5.26 Å². The zero-order chi connectivity index (χ0) is 26.2. The summed E-state index contributed by atoms with van der Waals surface area (Å²) < 4.78 is 11.1. The lowest BCUT2D eigenvalue weighted by Crippen LogP contribution is -2.43. The van der Waals surface area contributed by atoms with Gasteiger partial charge in [-0.3, -0.25) is 4.79 Å². The molecule has 1 saturated heterocycles. The monoisotopic (exact) mass is 500 g/mol. The predicted molar refractivity (Wildman–Crippen MR) is 144 cm³/mol. The first-order chi connectivity index (χ1) is 18.0. The summed E-state index contributed by atoms with van der Waals surface area (Å²) in [6, 6.07) is 13.6. The molecule has 2 heterocycles. The van der Waals surface area contributed by atoms with E-state index in [9.17, 15) is 4.79 Å². The largest absolute Gasteiger partial charge is 0.489 e. The number of rotatable bonds is 10. The molecule has 0 atom stereocenters. The van der Waals surface area contributed by atoms with Crippen LogP contribution < -0.4 is 15.4 Å². The average molecular weight is 501 g/mol. The molecule has 0 spiro atoms. The van der Waals surface area contributed by atoms with Crippen molar-refractivity contribution in [2.24, 2.45) is 0 Å². The van der Waals surface area contributed by atoms with E-state index in [1.54, 1.807) is 19.4 Å². The molecule has 2 N–H and O–H groups in total. The van der Waals surface area contributed by atoms with Gasteiger partial charge in [-0.1, -0.05) is 24.8 Å². The molecule has 3 aromatic rings. The number of aromatic nitrogens is 2. The number of likely N-dealkylation sites (tertiary alicyclic amines) is 1. The Morgan fingerprint density at radius 2 is 2.00 bits per heavy atom. The zero-order valence-electron chi connectivity index (χ0n) is 21.3. The molecule has 0 unspecified atom stereocenters. The standard InChI is InChI=1S/C28H32N6O3/c1-19(17-29)18-31-26-23-16-21(5-4-20(23)6-7-25(26)37-15-14-36-3)27-30-11-8-24(33-27)28(35)32-22-9-12-34(2)13-10-22/h4-8,11,16,22,31H,1,9-10,12-15,18H2,2-3H3,(H,32,35). The van der Waals surface area contributed by atoms with Crippen LogP contribution in [0.15, 0.2) is 54.7 Å². The molecular formula is C28H32N6O3. The van der Waals surface area contributed by atoms with E-state index in [0.29, 0.717) is 36.1 Å². The Balaban J connectivity index is 1.63. The Morgan fingerprint density at radius 3 is 2.76 bits per heavy atom. The number of methoxy groups -OCH3 is 1. The predicted octanol–water partition coefficient (Wildman–Crippen LogP) is 3.64. The fourth-order valence-corrected chi connectivity index (χ4v) is 4.25. The third-order valence-corrected chi connectivity index (χ3v) is 6.37. The van der Waals surface area contributed by atoms with Crippen molar-refractivity contribution in [1.82, 2.24) is 20.2 Å². The van der Waals surface area contributed by atoms with Crippen LogP contribution in [-0.2, 0) is 4.74 Å². The number of nitrogens with one attached hydrogen (secondary N) is 2. The third kappa shape index (κ3) is 6.61. The van der Waals surface area contributed by atoms with Gasteiger partial charge in [-0.15, -0.1) is 0 Å². The average Bonchev–Trinajstić information content (AvgIpc) is 2.93. The molecule has 9 heteroatoms. The van der Waals surface area contributed by atoms with Crippen molar-refractivity contribution in [2.75, 3.05) is 52.3 Å². The second kappa shape index (κ2) is 12.3. The highest BCUT2D eigenvalue weighted by Crippen LogP contribution is 2.35. The van der Waals surface area contributed by atoms with Gasteiger partial charge in [0.15, 0.2) is 5.82 Å². The second-order valence-corrected chi connectivity index (χ2v) is 9.10. The Hall–Kier alpha value is -4.00. The molecule has 9 nitrogen and oxygen atoms in total. The van der Waals surface area contributed by atoms with Gasteiger partial charge < -0.3 is 25.0 Å². The molecule has 0 saturated carbocycles. The van der Waals surface area contributed by atoms with Crippen LogP contribution in [0.3, 0.4) is 0 Å². The fraction of sp³-hybridized carbons (Fsp3) is 0.357. The SMILES string of the molecule is C=C(C#N)CNc1c(OCCOC)ccc2ccc(-c3nccc(C(=O)NC4CCN(C)CC4)n3)cc12. The van der Waals surface area contributed by atoms with Gasteiger partial charge in [0.1, 0.15) is 18.1 Å². The van der Waals surface area contributed by atoms with E-state index >= 15 is 0 Å². The number of benzene rings is 2. The summed E-state index contributed by atoms with van der Waals surface area (Å²) in [6.07, 6.45) is 3.46. The molecule has 0 radical (unpaired) electrons. The highest BCUT2D eigenvalue weighted by Gasteiger charge is 2.20. The number of nitrogens with zero attached hydrogens (tertiary/aromatic N) is 4. The van der Waals surface area contributed by atoms with Crippen molar-refractivity contribution in [3.05, 3.63) is 60.4 Å². The van der Waals surface area contributed by atoms with Crippen molar-refractivity contribution < 1.29 is 14.3 Å². The first-order valence-electron chi connectivity index (χ1n) is 12.3. The number of carbonyl (C=O) groups is 1. The summed E-state index contributed by atoms with van der Waals surface area (Å²) >= 11 is 0. The smallest absolute Gasteiger partial charge is 0.270 e. The van der Waals surface area contributed by atoms with Crippen LogP contribution in [-0.4, -0.2) is 73.8 Å². The first kappa shape index (κ1) is 26.1. The molecule has 1 fully saturated rings. The maximum atomic E-state index is 12.9. The number of carbonyl (C=O) groups excluding carboxylic acids is 1. The van der Waals surface area contributed by atoms with Crippen molar-refractivity contribution in [2.45, 2.75) is 18.9 Å². The topological polar surface area (TPSA) is 112 Å². The fourth-order valence-electron chi connectivity index (χ4n) is 4.25. The maximum absolute atomic E-state index is 12.9. The van der Waals surface area contributed by atoms with E-state index in [4.69, 9.17) is 14.7 Å². The molecule has 0 bridgehead atoms. The maximum Gasteiger partial charge on any atom is 0.270 e. The van der Waals surface area contributed by atoms with Crippen LogP contribution in [0, 0.1) is 11.3 Å². The van der Waals surface area contributed by atoms with Gasteiger partial charge in [-0.2, -0.15) is 5.26 Å². The van der Waals surface area contributed by atoms with E-state index in [1.165, 1.54) is 0 Å². The molecular weight excluding hydrogens is 468 g/mol. The lowest BCUT2D eigenvalue weighted by Gasteiger charge is -2.29. The Morgan fingerprint density at radius 1 is 1.22 bits per heavy atom. The molecule has 1 aromatic heterocycles. The number of nitriles is 1. The quantitative estimate of drug-likeness (QED) is 0.321. The van der Waals surface area contributed by atoms with Crippen molar-refractivity contribution >= 4 is 22.4 Å². The summed E-state index contributed by atoms with van der Waals surface area (Å²) in [5.74, 6) is 0.904. The molecule has 1 aliphatic rings. The number of hydrogen-bond donors (Lipinski definition) is 2. The summed E-state index contributed by atoms with van der Waals surface area (Å²) in [5, 5.41) is 17.4. The minimum atomic E-state index is -0.190. The molecule has 37 heavy (non-hydrogen) atoms. The Labute approximate surface area is 217 Å². The minimum Gasteiger partial charge on any atom is -0.489 e.